The number of hydrogen-bond acceptors (Lipinski definition) is 8. The number of rotatable bonds is 29. The minimum Gasteiger partial charge on any atom is -0.434 e. The highest BCUT2D eigenvalue weighted by molar-refractivity contribution is 5.86. The van der Waals surface area contributed by atoms with E-state index in [0.717, 1.165) is 205 Å². The number of benzene rings is 10. The monoisotopic (exact) mass is 1270 g/mol. The quantitative estimate of drug-likeness (QED) is 0.0339. The molecular formula is C88H92N2O6. The van der Waals surface area contributed by atoms with Crippen molar-refractivity contribution in [3.63, 3.8) is 0 Å². The number of carbonyl (C=O) groups is 2. The molecule has 8 nitrogen and oxygen atoms in total. The SMILES string of the molecule is CCCCC1(OC(=O)OCCCCc2cc(N(c3ccc(-c4ccccc4)cc3)c3ccc(-c4ccccc4)cc3)ccc2-c2ccc(N(c3ccc(-c4ccccc4)cc3)c3ccc(-c4ccccc4)cc3)cc2CCCCOC(=O)OC2(CCCC)CCCC2)CCCC1. The van der Waals surface area contributed by atoms with Gasteiger partial charge in [0.1, 0.15) is 11.2 Å². The van der Waals surface area contributed by atoms with E-state index < -0.39 is 23.5 Å². The van der Waals surface area contributed by atoms with E-state index in [4.69, 9.17) is 18.9 Å². The second-order valence-corrected chi connectivity index (χ2v) is 26.3. The topological polar surface area (TPSA) is 77.5 Å². The van der Waals surface area contributed by atoms with Crippen LogP contribution in [0.1, 0.15) is 141 Å². The summed E-state index contributed by atoms with van der Waals surface area (Å²) in [5.41, 5.74) is 19.3. The van der Waals surface area contributed by atoms with Crippen molar-refractivity contribution in [3.05, 3.63) is 266 Å². The third-order valence-corrected chi connectivity index (χ3v) is 19.6. The predicted octanol–water partition coefficient (Wildman–Crippen LogP) is 24.9. The summed E-state index contributed by atoms with van der Waals surface area (Å²) >= 11 is 0. The van der Waals surface area contributed by atoms with Crippen molar-refractivity contribution in [2.24, 2.45) is 0 Å². The summed E-state index contributed by atoms with van der Waals surface area (Å²) in [5.74, 6) is 0. The van der Waals surface area contributed by atoms with Gasteiger partial charge in [0.05, 0.1) is 13.2 Å². The lowest BCUT2D eigenvalue weighted by Crippen LogP contribution is -2.32. The van der Waals surface area contributed by atoms with E-state index in [0.29, 0.717) is 12.8 Å². The van der Waals surface area contributed by atoms with E-state index in [1.165, 1.54) is 11.1 Å². The van der Waals surface area contributed by atoms with Crippen LogP contribution in [-0.2, 0) is 31.8 Å². The van der Waals surface area contributed by atoms with Crippen molar-refractivity contribution in [3.8, 4) is 55.6 Å². The lowest BCUT2D eigenvalue weighted by Gasteiger charge is -2.29. The first-order valence-corrected chi connectivity index (χ1v) is 35.4. The number of hydrogen-bond donors (Lipinski definition) is 0. The molecule has 0 bridgehead atoms. The molecule has 0 aliphatic heterocycles. The Morgan fingerprint density at radius 1 is 0.323 bits per heavy atom. The highest BCUT2D eigenvalue weighted by Crippen LogP contribution is 2.45. The van der Waals surface area contributed by atoms with Crippen LogP contribution in [0.25, 0.3) is 55.6 Å². The second-order valence-electron chi connectivity index (χ2n) is 26.3. The van der Waals surface area contributed by atoms with Crippen LogP contribution >= 0.6 is 0 Å². The van der Waals surface area contributed by atoms with Gasteiger partial charge in [-0.25, -0.2) is 9.59 Å². The van der Waals surface area contributed by atoms with Gasteiger partial charge in [-0.1, -0.05) is 209 Å². The Morgan fingerprint density at radius 3 is 0.875 bits per heavy atom. The summed E-state index contributed by atoms with van der Waals surface area (Å²) in [6, 6.07) is 91.7. The Bertz CT molecular complexity index is 3620. The minimum atomic E-state index is -0.548. The van der Waals surface area contributed by atoms with Crippen molar-refractivity contribution in [2.45, 2.75) is 153 Å². The fourth-order valence-electron chi connectivity index (χ4n) is 14.4. The molecule has 0 spiro atoms. The van der Waals surface area contributed by atoms with Gasteiger partial charge in [0.25, 0.3) is 0 Å². The number of anilines is 6. The minimum absolute atomic E-state index is 0.273. The average Bonchev–Trinajstić information content (AvgIpc) is 1.05. The molecule has 0 amide bonds. The largest absolute Gasteiger partial charge is 0.508 e. The van der Waals surface area contributed by atoms with Gasteiger partial charge in [0.2, 0.25) is 0 Å². The van der Waals surface area contributed by atoms with Crippen molar-refractivity contribution in [1.82, 2.24) is 0 Å². The molecule has 12 rings (SSSR count). The molecule has 10 aromatic carbocycles. The van der Waals surface area contributed by atoms with Crippen molar-refractivity contribution in [2.75, 3.05) is 23.0 Å². The fourth-order valence-corrected chi connectivity index (χ4v) is 14.4. The van der Waals surface area contributed by atoms with E-state index in [9.17, 15) is 9.59 Å². The summed E-state index contributed by atoms with van der Waals surface area (Å²) in [4.78, 5) is 31.7. The van der Waals surface area contributed by atoms with Gasteiger partial charge in [-0.15, -0.1) is 0 Å². The van der Waals surface area contributed by atoms with Gasteiger partial charge < -0.3 is 28.7 Å². The molecule has 0 atom stereocenters. The zero-order valence-electron chi connectivity index (χ0n) is 56.1. The molecule has 0 aromatic heterocycles. The molecule has 2 fully saturated rings. The molecule has 2 saturated carbocycles. The first kappa shape index (κ1) is 66.4. The van der Waals surface area contributed by atoms with Crippen LogP contribution in [0.15, 0.2) is 255 Å². The van der Waals surface area contributed by atoms with Crippen LogP contribution in [0, 0.1) is 0 Å². The van der Waals surface area contributed by atoms with Gasteiger partial charge in [0, 0.05) is 34.1 Å². The lowest BCUT2D eigenvalue weighted by molar-refractivity contribution is -0.0389. The van der Waals surface area contributed by atoms with E-state index in [1.54, 1.807) is 0 Å². The highest BCUT2D eigenvalue weighted by Gasteiger charge is 2.39. The Hall–Kier alpha value is -9.66. The van der Waals surface area contributed by atoms with E-state index in [-0.39, 0.29) is 13.2 Å². The van der Waals surface area contributed by atoms with Gasteiger partial charge >= 0.3 is 12.3 Å². The first-order chi connectivity index (χ1) is 47.2. The van der Waals surface area contributed by atoms with Gasteiger partial charge in [-0.2, -0.15) is 0 Å². The molecule has 0 saturated heterocycles. The third-order valence-electron chi connectivity index (χ3n) is 19.6. The van der Waals surface area contributed by atoms with Gasteiger partial charge in [-0.3, -0.25) is 0 Å². The molecule has 2 aliphatic carbocycles. The number of carbonyl (C=O) groups excluding carboxylic acids is 2. The van der Waals surface area contributed by atoms with Crippen LogP contribution in [-0.4, -0.2) is 36.7 Å². The molecule has 2 aliphatic rings. The summed E-state index contributed by atoms with van der Waals surface area (Å²) < 4.78 is 24.2. The lowest BCUT2D eigenvalue weighted by atomic mass is 9.89. The molecule has 0 heterocycles. The number of ether oxygens (including phenoxy) is 4. The normalized spacial score (nSPS) is 13.8. The molecule has 0 N–H and O–H groups in total. The Morgan fingerprint density at radius 2 is 0.594 bits per heavy atom. The molecule has 0 radical (unpaired) electrons. The molecule has 8 heteroatoms. The summed E-state index contributed by atoms with van der Waals surface area (Å²) in [7, 11) is 0. The molecule has 0 unspecified atom stereocenters. The Balaban J connectivity index is 0.923. The van der Waals surface area contributed by atoms with Crippen LogP contribution < -0.4 is 9.80 Å². The van der Waals surface area contributed by atoms with Gasteiger partial charge in [0.15, 0.2) is 0 Å². The molecular weight excluding hydrogens is 1180 g/mol. The highest BCUT2D eigenvalue weighted by atomic mass is 16.7. The maximum atomic E-state index is 13.5. The third kappa shape index (κ3) is 16.9. The number of nitrogens with zero attached hydrogens (tertiary/aromatic N) is 2. The maximum absolute atomic E-state index is 13.5. The van der Waals surface area contributed by atoms with Crippen molar-refractivity contribution in [1.29, 1.82) is 0 Å². The Kier molecular flexibility index (Phi) is 22.6. The van der Waals surface area contributed by atoms with E-state index >= 15 is 0 Å². The summed E-state index contributed by atoms with van der Waals surface area (Å²) in [6.07, 6.45) is 17.1. The predicted molar refractivity (Wildman–Crippen MR) is 395 cm³/mol. The summed E-state index contributed by atoms with van der Waals surface area (Å²) in [6.45, 7) is 4.92. The van der Waals surface area contributed by atoms with Crippen molar-refractivity contribution >= 4 is 46.4 Å². The van der Waals surface area contributed by atoms with Crippen molar-refractivity contribution < 1.29 is 28.5 Å². The van der Waals surface area contributed by atoms with E-state index in [1.807, 2.05) is 0 Å². The standard InChI is InChI=1S/C88H92N2O6/c1-3-5-57-87(59-21-22-60-87)95-85(91)93-63-25-19-35-75-65-81(89(77-45-37-71(38-46-77)67-27-11-7-12-28-67)78-47-39-72(40-48-78)68-29-13-8-14-30-68)53-55-83(75)84-56-54-82(66-76(84)36-20-26-64-94-86(92)96-88(58-6-4-2)61-23-24-62-88)90(79-49-41-73(42-50-79)69-31-15-9-16-32-69)80-51-43-74(44-52-80)70-33-17-10-18-34-70/h7-18,27-34,37-56,65-66H,3-6,19-26,35-36,57-64H2,1-2H3. The zero-order valence-corrected chi connectivity index (χ0v) is 56.1. The smallest absolute Gasteiger partial charge is 0.434 e. The molecule has 96 heavy (non-hydrogen) atoms. The van der Waals surface area contributed by atoms with Crippen LogP contribution in [0.5, 0.6) is 0 Å². The van der Waals surface area contributed by atoms with Crippen LogP contribution in [0.4, 0.5) is 43.7 Å². The van der Waals surface area contributed by atoms with Crippen LogP contribution in [0.3, 0.4) is 0 Å². The number of unbranched alkanes of at least 4 members (excludes halogenated alkanes) is 4. The zero-order chi connectivity index (χ0) is 65.8. The fraction of sp³-hybridized carbons (Fsp3) is 0.295. The van der Waals surface area contributed by atoms with Crippen LogP contribution in [0.2, 0.25) is 0 Å². The Labute approximate surface area is 569 Å². The molecule has 10 aromatic rings. The first-order valence-electron chi connectivity index (χ1n) is 35.4. The molecule has 490 valence electrons. The second kappa shape index (κ2) is 32.7. The average molecular weight is 1270 g/mol. The summed E-state index contributed by atoms with van der Waals surface area (Å²) in [5, 5.41) is 0. The van der Waals surface area contributed by atoms with Gasteiger partial charge in [-0.05, 0) is 255 Å². The maximum Gasteiger partial charge on any atom is 0.508 e. The number of aryl methyl sites for hydroxylation is 2. The van der Waals surface area contributed by atoms with E-state index in [2.05, 4.69) is 278 Å².